The van der Waals surface area contributed by atoms with E-state index in [1.165, 1.54) is 14.9 Å². The molecule has 0 amide bonds. The molecule has 1 aliphatic rings. The predicted octanol–water partition coefficient (Wildman–Crippen LogP) is 3.74. The van der Waals surface area contributed by atoms with Crippen LogP contribution in [0.1, 0.15) is 54.9 Å². The highest BCUT2D eigenvalue weighted by molar-refractivity contribution is 6.01. The van der Waals surface area contributed by atoms with Crippen LogP contribution in [0.5, 0.6) is 5.75 Å². The zero-order chi connectivity index (χ0) is 22.8. The van der Waals surface area contributed by atoms with Crippen molar-refractivity contribution in [1.29, 1.82) is 0 Å². The number of aryl methyl sites for hydroxylation is 2. The van der Waals surface area contributed by atoms with E-state index in [9.17, 15) is 4.79 Å². The topological polar surface area (TPSA) is 83.5 Å². The second kappa shape index (κ2) is 8.98. The van der Waals surface area contributed by atoms with E-state index in [0.29, 0.717) is 12.5 Å². The summed E-state index contributed by atoms with van der Waals surface area (Å²) >= 11 is 0. The van der Waals surface area contributed by atoms with Crippen LogP contribution in [0.3, 0.4) is 0 Å². The Morgan fingerprint density at radius 1 is 1.22 bits per heavy atom. The number of aromatic nitrogens is 4. The van der Waals surface area contributed by atoms with Crippen molar-refractivity contribution >= 4 is 5.71 Å². The highest BCUT2D eigenvalue weighted by atomic mass is 16.6. The van der Waals surface area contributed by atoms with Crippen molar-refractivity contribution in [3.63, 3.8) is 0 Å². The van der Waals surface area contributed by atoms with Gasteiger partial charge in [0, 0.05) is 18.2 Å². The first-order valence-corrected chi connectivity index (χ1v) is 10.9. The van der Waals surface area contributed by atoms with Gasteiger partial charge in [0.15, 0.2) is 0 Å². The molecule has 0 saturated heterocycles. The molecular weight excluding hydrogens is 406 g/mol. The standard InChI is InChI=1S/C24H29N5O3/c1-15(2)23(25-31-5)18-11-12-22(16(3)13-18)32-14-20-19(17-9-10-17)7-6-8-21(20)29-24(30)28(4)26-27-29/h6-8,11-13,15,17H,9-10,14H2,1-5H3. The maximum Gasteiger partial charge on any atom is 0.368 e. The molecule has 0 aliphatic heterocycles. The molecule has 1 saturated carbocycles. The van der Waals surface area contributed by atoms with Crippen molar-refractivity contribution in [2.75, 3.05) is 7.11 Å². The van der Waals surface area contributed by atoms with Gasteiger partial charge in [0.05, 0.1) is 11.4 Å². The first kappa shape index (κ1) is 21.8. The molecule has 0 atom stereocenters. The Bertz CT molecular complexity index is 1200. The molecule has 4 rings (SSSR count). The molecule has 2 aromatic carbocycles. The number of hydrogen-bond donors (Lipinski definition) is 0. The molecule has 1 aromatic heterocycles. The van der Waals surface area contributed by atoms with Gasteiger partial charge in [-0.25, -0.2) is 4.79 Å². The van der Waals surface area contributed by atoms with Crippen LogP contribution in [0.4, 0.5) is 0 Å². The number of benzene rings is 2. The van der Waals surface area contributed by atoms with E-state index < -0.39 is 0 Å². The van der Waals surface area contributed by atoms with Gasteiger partial charge >= 0.3 is 5.69 Å². The number of nitrogens with zero attached hydrogens (tertiary/aromatic N) is 5. The molecule has 8 nitrogen and oxygen atoms in total. The predicted molar refractivity (Wildman–Crippen MR) is 122 cm³/mol. The minimum absolute atomic E-state index is 0.236. The minimum atomic E-state index is -0.279. The third-order valence-electron chi connectivity index (χ3n) is 5.73. The summed E-state index contributed by atoms with van der Waals surface area (Å²) < 4.78 is 8.84. The van der Waals surface area contributed by atoms with E-state index in [0.717, 1.165) is 46.7 Å². The molecule has 3 aromatic rings. The number of tetrazole rings is 1. The number of hydrogen-bond acceptors (Lipinski definition) is 6. The zero-order valence-electron chi connectivity index (χ0n) is 19.2. The van der Waals surface area contributed by atoms with Gasteiger partial charge in [0.25, 0.3) is 0 Å². The number of ether oxygens (including phenoxy) is 1. The van der Waals surface area contributed by atoms with Crippen molar-refractivity contribution in [1.82, 2.24) is 19.8 Å². The van der Waals surface area contributed by atoms with Crippen LogP contribution in [-0.2, 0) is 18.5 Å². The van der Waals surface area contributed by atoms with Crippen molar-refractivity contribution in [2.45, 2.75) is 46.1 Å². The lowest BCUT2D eigenvalue weighted by Gasteiger charge is -2.17. The summed E-state index contributed by atoms with van der Waals surface area (Å²) in [6.45, 7) is 6.53. The zero-order valence-corrected chi connectivity index (χ0v) is 19.2. The van der Waals surface area contributed by atoms with Gasteiger partial charge in [0.1, 0.15) is 19.5 Å². The Labute approximate surface area is 187 Å². The van der Waals surface area contributed by atoms with E-state index >= 15 is 0 Å². The molecule has 1 aliphatic carbocycles. The van der Waals surface area contributed by atoms with Gasteiger partial charge in [-0.1, -0.05) is 31.1 Å². The van der Waals surface area contributed by atoms with Crippen molar-refractivity contribution in [3.05, 3.63) is 69.1 Å². The highest BCUT2D eigenvalue weighted by Crippen LogP contribution is 2.43. The lowest BCUT2D eigenvalue weighted by molar-refractivity contribution is 0.212. The number of rotatable bonds is 8. The smallest absolute Gasteiger partial charge is 0.368 e. The SMILES string of the molecule is CON=C(c1ccc(OCc2c(C3CC3)cccc2-n2nnn(C)c2=O)c(C)c1)C(C)C. The van der Waals surface area contributed by atoms with Gasteiger partial charge < -0.3 is 9.57 Å². The fourth-order valence-electron chi connectivity index (χ4n) is 3.90. The van der Waals surface area contributed by atoms with Crippen LogP contribution in [-0.4, -0.2) is 32.6 Å². The van der Waals surface area contributed by atoms with Crippen LogP contribution in [0.15, 0.2) is 46.3 Å². The average molecular weight is 436 g/mol. The van der Waals surface area contributed by atoms with Crippen LogP contribution in [0, 0.1) is 12.8 Å². The fourth-order valence-corrected chi connectivity index (χ4v) is 3.90. The Balaban J connectivity index is 1.65. The molecule has 0 spiro atoms. The quantitative estimate of drug-likeness (QED) is 0.398. The molecule has 32 heavy (non-hydrogen) atoms. The van der Waals surface area contributed by atoms with Gasteiger partial charge in [-0.3, -0.25) is 0 Å². The fraction of sp³-hybridized carbons (Fsp3) is 0.417. The second-order valence-corrected chi connectivity index (χ2v) is 8.50. The molecule has 0 N–H and O–H groups in total. The van der Waals surface area contributed by atoms with Gasteiger partial charge in [-0.15, -0.1) is 0 Å². The summed E-state index contributed by atoms with van der Waals surface area (Å²) in [6.07, 6.45) is 2.30. The summed E-state index contributed by atoms with van der Waals surface area (Å²) in [4.78, 5) is 17.5. The van der Waals surface area contributed by atoms with E-state index in [1.54, 1.807) is 14.2 Å². The van der Waals surface area contributed by atoms with Crippen LogP contribution >= 0.6 is 0 Å². The normalized spacial score (nSPS) is 14.1. The Morgan fingerprint density at radius 3 is 2.59 bits per heavy atom. The first-order valence-electron chi connectivity index (χ1n) is 10.9. The molecule has 0 bridgehead atoms. The lowest BCUT2D eigenvalue weighted by atomic mass is 9.98. The monoisotopic (exact) mass is 435 g/mol. The molecule has 0 radical (unpaired) electrons. The molecule has 8 heteroatoms. The van der Waals surface area contributed by atoms with Gasteiger partial charge in [0.2, 0.25) is 0 Å². The third-order valence-corrected chi connectivity index (χ3v) is 5.73. The van der Waals surface area contributed by atoms with Gasteiger partial charge in [-0.2, -0.15) is 9.36 Å². The molecule has 1 heterocycles. The molecular formula is C24H29N5O3. The summed E-state index contributed by atoms with van der Waals surface area (Å²) in [5.74, 6) is 1.53. The first-order chi connectivity index (χ1) is 15.4. The second-order valence-electron chi connectivity index (χ2n) is 8.50. The van der Waals surface area contributed by atoms with Crippen molar-refractivity contribution in [3.8, 4) is 11.4 Å². The van der Waals surface area contributed by atoms with E-state index in [2.05, 4.69) is 41.6 Å². The summed E-state index contributed by atoms with van der Waals surface area (Å²) in [7, 11) is 3.15. The van der Waals surface area contributed by atoms with Crippen molar-refractivity contribution < 1.29 is 9.57 Å². The van der Waals surface area contributed by atoms with Crippen LogP contribution < -0.4 is 10.4 Å². The maximum atomic E-state index is 12.5. The Hall–Kier alpha value is -3.42. The molecule has 0 unspecified atom stereocenters. The third kappa shape index (κ3) is 4.30. The van der Waals surface area contributed by atoms with E-state index in [-0.39, 0.29) is 11.6 Å². The summed E-state index contributed by atoms with van der Waals surface area (Å²) in [5, 5.41) is 12.1. The highest BCUT2D eigenvalue weighted by Gasteiger charge is 2.28. The summed E-state index contributed by atoms with van der Waals surface area (Å²) in [5.41, 5.74) is 5.54. The Morgan fingerprint density at radius 2 is 2.00 bits per heavy atom. The minimum Gasteiger partial charge on any atom is -0.489 e. The van der Waals surface area contributed by atoms with E-state index in [1.807, 2.05) is 31.2 Å². The molecule has 1 fully saturated rings. The number of oxime groups is 1. The summed E-state index contributed by atoms with van der Waals surface area (Å²) in [6, 6.07) is 12.0. The largest absolute Gasteiger partial charge is 0.489 e. The Kier molecular flexibility index (Phi) is 6.12. The van der Waals surface area contributed by atoms with Crippen LogP contribution in [0.2, 0.25) is 0 Å². The van der Waals surface area contributed by atoms with E-state index in [4.69, 9.17) is 9.57 Å². The lowest BCUT2D eigenvalue weighted by Crippen LogP contribution is -2.23. The maximum absolute atomic E-state index is 12.5. The van der Waals surface area contributed by atoms with Gasteiger partial charge in [-0.05, 0) is 77.4 Å². The average Bonchev–Trinajstić information content (AvgIpc) is 3.56. The molecule has 168 valence electrons. The van der Waals surface area contributed by atoms with Crippen molar-refractivity contribution in [2.24, 2.45) is 18.1 Å². The van der Waals surface area contributed by atoms with Crippen LogP contribution in [0.25, 0.3) is 5.69 Å².